The van der Waals surface area contributed by atoms with Crippen molar-refractivity contribution in [3.8, 4) is 0 Å². The number of hydrogen-bond donors (Lipinski definition) is 1. The minimum absolute atomic E-state index is 0.790. The lowest BCUT2D eigenvalue weighted by Crippen LogP contribution is -2.53. The molecule has 0 aromatic heterocycles. The summed E-state index contributed by atoms with van der Waals surface area (Å²) in [6.45, 7) is 4.02. The predicted molar refractivity (Wildman–Crippen MR) is 72.1 cm³/mol. The molecule has 0 aromatic rings. The van der Waals surface area contributed by atoms with Crippen LogP contribution in [0.15, 0.2) is 0 Å². The van der Waals surface area contributed by atoms with Crippen molar-refractivity contribution < 1.29 is 0 Å². The summed E-state index contributed by atoms with van der Waals surface area (Å²) in [5.41, 5.74) is 0.790. The second kappa shape index (κ2) is 4.89. The van der Waals surface area contributed by atoms with Crippen LogP contribution >= 0.6 is 0 Å². The van der Waals surface area contributed by atoms with Gasteiger partial charge in [0.15, 0.2) is 0 Å². The van der Waals surface area contributed by atoms with Crippen LogP contribution in [0, 0.1) is 11.3 Å². The molecule has 3 aliphatic rings. The summed E-state index contributed by atoms with van der Waals surface area (Å²) in [5, 5.41) is 3.36. The van der Waals surface area contributed by atoms with E-state index < -0.39 is 0 Å². The average Bonchev–Trinajstić information content (AvgIpc) is 2.76. The maximum absolute atomic E-state index is 3.36. The fourth-order valence-electron chi connectivity index (χ4n) is 4.49. The molecule has 0 amide bonds. The molecule has 2 unspecified atom stereocenters. The molecule has 0 bridgehead atoms. The van der Waals surface area contributed by atoms with E-state index in [1.54, 1.807) is 0 Å². The van der Waals surface area contributed by atoms with E-state index in [-0.39, 0.29) is 0 Å². The maximum Gasteiger partial charge on any atom is 0.0136 e. The van der Waals surface area contributed by atoms with Gasteiger partial charge in [0.05, 0.1) is 0 Å². The third kappa shape index (κ3) is 2.26. The summed E-state index contributed by atoms with van der Waals surface area (Å²) in [5.74, 6) is 0.942. The molecule has 0 radical (unpaired) electrons. The van der Waals surface area contributed by atoms with Crippen molar-refractivity contribution in [1.82, 2.24) is 10.2 Å². The number of piperidine rings is 1. The number of rotatable bonds is 3. The first-order valence-electron chi connectivity index (χ1n) is 7.72. The fourth-order valence-corrected chi connectivity index (χ4v) is 4.49. The van der Waals surface area contributed by atoms with Crippen LogP contribution in [0.25, 0.3) is 0 Å². The van der Waals surface area contributed by atoms with Crippen molar-refractivity contribution in [3.63, 3.8) is 0 Å². The first-order chi connectivity index (χ1) is 8.33. The Morgan fingerprint density at radius 3 is 2.29 bits per heavy atom. The SMILES string of the molecule is CNCC1CCC1N1CCC2(CCCC2)CC1. The molecule has 2 atom stereocenters. The molecule has 2 saturated carbocycles. The molecule has 2 heteroatoms. The topological polar surface area (TPSA) is 15.3 Å². The van der Waals surface area contributed by atoms with E-state index in [0.717, 1.165) is 17.4 Å². The van der Waals surface area contributed by atoms with Crippen molar-refractivity contribution in [3.05, 3.63) is 0 Å². The quantitative estimate of drug-likeness (QED) is 0.810. The zero-order chi connectivity index (χ0) is 11.7. The van der Waals surface area contributed by atoms with Gasteiger partial charge in [-0.15, -0.1) is 0 Å². The Kier molecular flexibility index (Phi) is 3.45. The van der Waals surface area contributed by atoms with E-state index in [4.69, 9.17) is 0 Å². The molecule has 1 spiro atoms. The van der Waals surface area contributed by atoms with Gasteiger partial charge in [-0.2, -0.15) is 0 Å². The number of nitrogens with zero attached hydrogens (tertiary/aromatic N) is 1. The van der Waals surface area contributed by atoms with E-state index in [2.05, 4.69) is 17.3 Å². The lowest BCUT2D eigenvalue weighted by molar-refractivity contribution is 0.0103. The van der Waals surface area contributed by atoms with Crippen molar-refractivity contribution in [1.29, 1.82) is 0 Å². The first kappa shape index (κ1) is 12.0. The van der Waals surface area contributed by atoms with Gasteiger partial charge in [0.1, 0.15) is 0 Å². The van der Waals surface area contributed by atoms with Gasteiger partial charge in [-0.3, -0.25) is 0 Å². The van der Waals surface area contributed by atoms with Crippen molar-refractivity contribution >= 4 is 0 Å². The summed E-state index contributed by atoms with van der Waals surface area (Å²) in [6.07, 6.45) is 12.0. The highest BCUT2D eigenvalue weighted by atomic mass is 15.2. The number of nitrogens with one attached hydrogen (secondary N) is 1. The Morgan fingerprint density at radius 1 is 1.06 bits per heavy atom. The number of hydrogen-bond acceptors (Lipinski definition) is 2. The molecule has 3 rings (SSSR count). The van der Waals surface area contributed by atoms with Crippen LogP contribution in [0.1, 0.15) is 51.4 Å². The molecule has 1 aliphatic heterocycles. The number of likely N-dealkylation sites (tertiary alicyclic amines) is 1. The highest BCUT2D eigenvalue weighted by Gasteiger charge is 2.41. The van der Waals surface area contributed by atoms with E-state index >= 15 is 0 Å². The minimum atomic E-state index is 0.790. The Balaban J connectivity index is 1.51. The standard InChI is InChI=1S/C15H28N2/c1-16-12-13-4-5-14(13)17-10-8-15(9-11-17)6-2-3-7-15/h13-14,16H,2-12H2,1H3. The third-order valence-corrected chi connectivity index (χ3v) is 5.84. The Bertz CT molecular complexity index is 248. The van der Waals surface area contributed by atoms with E-state index in [0.29, 0.717) is 0 Å². The average molecular weight is 236 g/mol. The summed E-state index contributed by atoms with van der Waals surface area (Å²) in [7, 11) is 2.10. The normalized spacial score (nSPS) is 37.2. The maximum atomic E-state index is 3.36. The Labute approximate surface area is 106 Å². The van der Waals surface area contributed by atoms with Gasteiger partial charge < -0.3 is 10.2 Å². The molecule has 1 heterocycles. The summed E-state index contributed by atoms with van der Waals surface area (Å²) >= 11 is 0. The highest BCUT2D eigenvalue weighted by Crippen LogP contribution is 2.47. The second-order valence-electron chi connectivity index (χ2n) is 6.71. The van der Waals surface area contributed by atoms with Crippen molar-refractivity contribution in [2.75, 3.05) is 26.7 Å². The van der Waals surface area contributed by atoms with E-state index in [1.807, 2.05) is 0 Å². The highest BCUT2D eigenvalue weighted by molar-refractivity contribution is 4.95. The minimum Gasteiger partial charge on any atom is -0.319 e. The zero-order valence-corrected chi connectivity index (χ0v) is 11.4. The van der Waals surface area contributed by atoms with E-state index in [1.165, 1.54) is 71.0 Å². The smallest absolute Gasteiger partial charge is 0.0136 e. The van der Waals surface area contributed by atoms with Gasteiger partial charge in [0.25, 0.3) is 0 Å². The lowest BCUT2D eigenvalue weighted by Gasteiger charge is -2.49. The zero-order valence-electron chi connectivity index (χ0n) is 11.4. The molecule has 2 aliphatic carbocycles. The summed E-state index contributed by atoms with van der Waals surface area (Å²) in [6, 6.07) is 0.918. The van der Waals surface area contributed by atoms with Crippen LogP contribution < -0.4 is 5.32 Å². The summed E-state index contributed by atoms with van der Waals surface area (Å²) in [4.78, 5) is 2.81. The molecule has 1 saturated heterocycles. The first-order valence-corrected chi connectivity index (χ1v) is 7.72. The molecule has 98 valence electrons. The molecule has 17 heavy (non-hydrogen) atoms. The molecule has 1 N–H and O–H groups in total. The van der Waals surface area contributed by atoms with Gasteiger partial charge in [-0.25, -0.2) is 0 Å². The van der Waals surface area contributed by atoms with Crippen LogP contribution in [-0.2, 0) is 0 Å². The predicted octanol–water partition coefficient (Wildman–Crippen LogP) is 2.64. The van der Waals surface area contributed by atoms with Crippen LogP contribution in [0.2, 0.25) is 0 Å². The molecule has 0 aromatic carbocycles. The largest absolute Gasteiger partial charge is 0.319 e. The van der Waals surface area contributed by atoms with Crippen molar-refractivity contribution in [2.24, 2.45) is 11.3 Å². The molecule has 2 nitrogen and oxygen atoms in total. The van der Waals surface area contributed by atoms with Gasteiger partial charge in [0.2, 0.25) is 0 Å². The molecular weight excluding hydrogens is 208 g/mol. The van der Waals surface area contributed by atoms with Crippen molar-refractivity contribution in [2.45, 2.75) is 57.4 Å². The van der Waals surface area contributed by atoms with Gasteiger partial charge >= 0.3 is 0 Å². The Morgan fingerprint density at radius 2 is 1.76 bits per heavy atom. The van der Waals surface area contributed by atoms with Crippen LogP contribution in [0.3, 0.4) is 0 Å². The fraction of sp³-hybridized carbons (Fsp3) is 1.00. The van der Waals surface area contributed by atoms with Crippen LogP contribution in [0.5, 0.6) is 0 Å². The van der Waals surface area contributed by atoms with Crippen LogP contribution in [0.4, 0.5) is 0 Å². The monoisotopic (exact) mass is 236 g/mol. The third-order valence-electron chi connectivity index (χ3n) is 5.84. The van der Waals surface area contributed by atoms with Crippen LogP contribution in [-0.4, -0.2) is 37.6 Å². The van der Waals surface area contributed by atoms with Gasteiger partial charge in [0, 0.05) is 6.04 Å². The molecular formula is C15H28N2. The summed E-state index contributed by atoms with van der Waals surface area (Å²) < 4.78 is 0. The van der Waals surface area contributed by atoms with Gasteiger partial charge in [-0.1, -0.05) is 12.8 Å². The van der Waals surface area contributed by atoms with Gasteiger partial charge in [-0.05, 0) is 76.5 Å². The Hall–Kier alpha value is -0.0800. The lowest BCUT2D eigenvalue weighted by atomic mass is 9.73. The van der Waals surface area contributed by atoms with E-state index in [9.17, 15) is 0 Å². The molecule has 3 fully saturated rings. The second-order valence-corrected chi connectivity index (χ2v) is 6.71.